The van der Waals surface area contributed by atoms with Crippen LogP contribution in [0.25, 0.3) is 0 Å². The Morgan fingerprint density at radius 3 is 2.29 bits per heavy atom. The molecule has 0 amide bonds. The molecule has 17 heavy (non-hydrogen) atoms. The average Bonchev–Trinajstić information content (AvgIpc) is 2.43. The Labute approximate surface area is 94.4 Å². The number of alkyl halides is 5. The SMILES string of the molecule is O=S(=O)(OC=CC1CCC(F)(F)C1)C(F)(F)F. The zero-order valence-electron chi connectivity index (χ0n) is 8.38. The second-order valence-corrected chi connectivity index (χ2v) is 5.25. The van der Waals surface area contributed by atoms with Crippen LogP contribution in [0.2, 0.25) is 0 Å². The molecule has 0 saturated heterocycles. The van der Waals surface area contributed by atoms with E-state index in [0.717, 1.165) is 6.08 Å². The van der Waals surface area contributed by atoms with Gasteiger partial charge in [-0.15, -0.1) is 0 Å². The molecule has 1 unspecified atom stereocenters. The van der Waals surface area contributed by atoms with Gasteiger partial charge in [0.15, 0.2) is 0 Å². The van der Waals surface area contributed by atoms with Gasteiger partial charge in [0.05, 0.1) is 0 Å². The Hall–Kier alpha value is -0.860. The third-order valence-electron chi connectivity index (χ3n) is 2.26. The van der Waals surface area contributed by atoms with E-state index >= 15 is 0 Å². The minimum atomic E-state index is -5.69. The van der Waals surface area contributed by atoms with E-state index in [1.807, 2.05) is 0 Å². The molecule has 3 nitrogen and oxygen atoms in total. The fourth-order valence-corrected chi connectivity index (χ4v) is 1.74. The maximum absolute atomic E-state index is 12.7. The van der Waals surface area contributed by atoms with Gasteiger partial charge in [-0.1, -0.05) is 0 Å². The lowest BCUT2D eigenvalue weighted by atomic mass is 10.1. The molecule has 0 aliphatic heterocycles. The molecule has 1 atom stereocenters. The van der Waals surface area contributed by atoms with Gasteiger partial charge in [0, 0.05) is 12.8 Å². The van der Waals surface area contributed by atoms with Gasteiger partial charge in [-0.3, -0.25) is 0 Å². The Morgan fingerprint density at radius 1 is 1.29 bits per heavy atom. The normalized spacial score (nSPS) is 25.4. The summed E-state index contributed by atoms with van der Waals surface area (Å²) in [5.41, 5.74) is -5.52. The van der Waals surface area contributed by atoms with Crippen LogP contribution in [0.5, 0.6) is 0 Å². The molecule has 100 valence electrons. The van der Waals surface area contributed by atoms with Crippen LogP contribution in [-0.2, 0) is 14.3 Å². The lowest BCUT2D eigenvalue weighted by molar-refractivity contribution is -0.0515. The van der Waals surface area contributed by atoms with Crippen molar-refractivity contribution in [3.05, 3.63) is 12.3 Å². The van der Waals surface area contributed by atoms with E-state index in [1.165, 1.54) is 0 Å². The molecule has 1 fully saturated rings. The van der Waals surface area contributed by atoms with Gasteiger partial charge in [0.25, 0.3) is 0 Å². The van der Waals surface area contributed by atoms with Gasteiger partial charge in [-0.2, -0.15) is 21.6 Å². The quantitative estimate of drug-likeness (QED) is 0.345. The summed E-state index contributed by atoms with van der Waals surface area (Å²) < 4.78 is 85.1. The summed E-state index contributed by atoms with van der Waals surface area (Å²) in [6.07, 6.45) is 0.408. The van der Waals surface area contributed by atoms with Crippen molar-refractivity contribution in [2.45, 2.75) is 30.7 Å². The van der Waals surface area contributed by atoms with Crippen molar-refractivity contribution >= 4 is 10.1 Å². The van der Waals surface area contributed by atoms with Crippen LogP contribution < -0.4 is 0 Å². The fourth-order valence-electron chi connectivity index (χ4n) is 1.42. The smallest absolute Gasteiger partial charge is 0.384 e. The molecule has 1 aliphatic carbocycles. The molecule has 0 N–H and O–H groups in total. The van der Waals surface area contributed by atoms with Crippen LogP contribution in [0.15, 0.2) is 12.3 Å². The van der Waals surface area contributed by atoms with Gasteiger partial charge in [-0.25, -0.2) is 8.78 Å². The maximum Gasteiger partial charge on any atom is 0.534 e. The molecule has 1 saturated carbocycles. The molecule has 0 aromatic heterocycles. The Morgan fingerprint density at radius 2 is 1.88 bits per heavy atom. The van der Waals surface area contributed by atoms with Crippen molar-refractivity contribution in [3.63, 3.8) is 0 Å². The summed E-state index contributed by atoms with van der Waals surface area (Å²) in [4.78, 5) is 0. The van der Waals surface area contributed by atoms with E-state index < -0.39 is 33.9 Å². The third kappa shape index (κ3) is 3.83. The van der Waals surface area contributed by atoms with E-state index in [4.69, 9.17) is 0 Å². The number of hydrogen-bond acceptors (Lipinski definition) is 3. The molecule has 9 heteroatoms. The molecule has 0 heterocycles. The largest absolute Gasteiger partial charge is 0.534 e. The second kappa shape index (κ2) is 4.43. The van der Waals surface area contributed by atoms with Gasteiger partial charge >= 0.3 is 15.6 Å². The highest BCUT2D eigenvalue weighted by atomic mass is 32.2. The lowest BCUT2D eigenvalue weighted by Crippen LogP contribution is -2.23. The third-order valence-corrected chi connectivity index (χ3v) is 3.19. The first-order valence-electron chi connectivity index (χ1n) is 4.58. The van der Waals surface area contributed by atoms with Crippen molar-refractivity contribution in [1.82, 2.24) is 0 Å². The highest BCUT2D eigenvalue weighted by molar-refractivity contribution is 7.87. The van der Waals surface area contributed by atoms with Crippen molar-refractivity contribution in [2.24, 2.45) is 5.92 Å². The molecular weight excluding hydrogens is 271 g/mol. The van der Waals surface area contributed by atoms with Gasteiger partial charge in [0.1, 0.15) is 6.26 Å². The average molecular weight is 280 g/mol. The molecule has 0 spiro atoms. The van der Waals surface area contributed by atoms with Gasteiger partial charge in [0.2, 0.25) is 5.92 Å². The predicted molar refractivity (Wildman–Crippen MR) is 47.5 cm³/mol. The summed E-state index contributed by atoms with van der Waals surface area (Å²) in [7, 11) is -5.69. The number of allylic oxidation sites excluding steroid dienone is 1. The van der Waals surface area contributed by atoms with E-state index in [-0.39, 0.29) is 12.8 Å². The van der Waals surface area contributed by atoms with Crippen LogP contribution in [0.3, 0.4) is 0 Å². The summed E-state index contributed by atoms with van der Waals surface area (Å²) in [6.45, 7) is 0. The standard InChI is InChI=1S/C8H9F5O3S/c9-7(10)3-1-6(5-7)2-4-16-17(14,15)8(11,12)13/h2,4,6H,1,3,5H2. The summed E-state index contributed by atoms with van der Waals surface area (Å²) >= 11 is 0. The van der Waals surface area contributed by atoms with Gasteiger partial charge < -0.3 is 4.18 Å². The summed E-state index contributed by atoms with van der Waals surface area (Å²) in [5.74, 6) is -3.52. The van der Waals surface area contributed by atoms with Crippen molar-refractivity contribution in [2.75, 3.05) is 0 Å². The molecule has 0 radical (unpaired) electrons. The summed E-state index contributed by atoms with van der Waals surface area (Å²) in [5, 5.41) is 0. The number of rotatable bonds is 3. The van der Waals surface area contributed by atoms with Crippen molar-refractivity contribution in [1.29, 1.82) is 0 Å². The van der Waals surface area contributed by atoms with E-state index in [9.17, 15) is 30.4 Å². The molecule has 0 bridgehead atoms. The first kappa shape index (κ1) is 14.2. The zero-order valence-corrected chi connectivity index (χ0v) is 9.19. The maximum atomic E-state index is 12.7. The van der Waals surface area contributed by atoms with Crippen LogP contribution in [-0.4, -0.2) is 19.8 Å². The highest BCUT2D eigenvalue weighted by Crippen LogP contribution is 2.39. The van der Waals surface area contributed by atoms with E-state index in [0.29, 0.717) is 6.26 Å². The van der Waals surface area contributed by atoms with Crippen LogP contribution in [0, 0.1) is 5.92 Å². The monoisotopic (exact) mass is 280 g/mol. The Kier molecular flexibility index (Phi) is 3.70. The van der Waals surface area contributed by atoms with Gasteiger partial charge in [-0.05, 0) is 18.4 Å². The number of hydrogen-bond donors (Lipinski definition) is 0. The highest BCUT2D eigenvalue weighted by Gasteiger charge is 2.48. The summed E-state index contributed by atoms with van der Waals surface area (Å²) in [6, 6.07) is 0. The lowest BCUT2D eigenvalue weighted by Gasteiger charge is -2.07. The molecule has 1 rings (SSSR count). The minimum Gasteiger partial charge on any atom is -0.384 e. The molecule has 0 aromatic carbocycles. The molecule has 1 aliphatic rings. The van der Waals surface area contributed by atoms with E-state index in [2.05, 4.69) is 4.18 Å². The zero-order chi connectivity index (χ0) is 13.3. The minimum absolute atomic E-state index is 0.0823. The van der Waals surface area contributed by atoms with Crippen molar-refractivity contribution < 1.29 is 34.6 Å². The molecular formula is C8H9F5O3S. The Balaban J connectivity index is 2.53. The van der Waals surface area contributed by atoms with Crippen molar-refractivity contribution in [3.8, 4) is 0 Å². The first-order chi connectivity index (χ1) is 7.54. The Bertz CT molecular complexity index is 398. The van der Waals surface area contributed by atoms with E-state index in [1.54, 1.807) is 0 Å². The second-order valence-electron chi connectivity index (χ2n) is 3.68. The first-order valence-corrected chi connectivity index (χ1v) is 5.98. The number of halogens is 5. The predicted octanol–water partition coefficient (Wildman–Crippen LogP) is 2.80. The van der Waals surface area contributed by atoms with Crippen LogP contribution in [0.1, 0.15) is 19.3 Å². The van der Waals surface area contributed by atoms with Crippen LogP contribution >= 0.6 is 0 Å². The fraction of sp³-hybridized carbons (Fsp3) is 0.750. The molecule has 0 aromatic rings. The van der Waals surface area contributed by atoms with Crippen LogP contribution in [0.4, 0.5) is 22.0 Å². The topological polar surface area (TPSA) is 43.4 Å².